The third-order valence-electron chi connectivity index (χ3n) is 2.77. The summed E-state index contributed by atoms with van der Waals surface area (Å²) in [5.74, 6) is 0.633. The van der Waals surface area contributed by atoms with E-state index in [1.807, 2.05) is 22.9 Å². The van der Waals surface area contributed by atoms with Gasteiger partial charge in [-0.25, -0.2) is 0 Å². The molecule has 2 aromatic rings. The van der Waals surface area contributed by atoms with Crippen molar-refractivity contribution in [2.24, 2.45) is 0 Å². The van der Waals surface area contributed by atoms with Crippen molar-refractivity contribution in [3.63, 3.8) is 0 Å². The van der Waals surface area contributed by atoms with Gasteiger partial charge in [0, 0.05) is 11.4 Å². The molecule has 3 heteroatoms. The van der Waals surface area contributed by atoms with Crippen LogP contribution in [0.4, 0.5) is 5.82 Å². The van der Waals surface area contributed by atoms with Crippen LogP contribution in [0.15, 0.2) is 24.3 Å². The quantitative estimate of drug-likeness (QED) is 0.833. The first kappa shape index (κ1) is 10.0. The van der Waals surface area contributed by atoms with Gasteiger partial charge in [-0.1, -0.05) is 25.5 Å². The first-order chi connectivity index (χ1) is 7.24. The van der Waals surface area contributed by atoms with Crippen LogP contribution in [0.3, 0.4) is 0 Å². The molecule has 1 heterocycles. The number of para-hydroxylation sites is 1. The minimum atomic E-state index is 0.414. The number of anilines is 1. The summed E-state index contributed by atoms with van der Waals surface area (Å²) in [6.07, 6.45) is 2.29. The van der Waals surface area contributed by atoms with Crippen molar-refractivity contribution in [2.45, 2.75) is 32.7 Å². The van der Waals surface area contributed by atoms with Gasteiger partial charge in [0.25, 0.3) is 0 Å². The highest BCUT2D eigenvalue weighted by molar-refractivity contribution is 5.89. The summed E-state index contributed by atoms with van der Waals surface area (Å²) in [5, 5.41) is 5.46. The van der Waals surface area contributed by atoms with Crippen molar-refractivity contribution < 1.29 is 0 Å². The summed E-state index contributed by atoms with van der Waals surface area (Å²) in [6.45, 7) is 4.37. The van der Waals surface area contributed by atoms with Gasteiger partial charge in [-0.05, 0) is 25.5 Å². The van der Waals surface area contributed by atoms with E-state index in [1.165, 1.54) is 0 Å². The highest BCUT2D eigenvalue weighted by Gasteiger charge is 2.11. The molecule has 0 aliphatic carbocycles. The Morgan fingerprint density at radius 1 is 1.40 bits per heavy atom. The number of rotatable bonds is 3. The number of aromatic nitrogens is 2. The van der Waals surface area contributed by atoms with E-state index in [0.717, 1.165) is 23.7 Å². The van der Waals surface area contributed by atoms with Gasteiger partial charge in [0.15, 0.2) is 5.82 Å². The highest BCUT2D eigenvalue weighted by atomic mass is 15.3. The summed E-state index contributed by atoms with van der Waals surface area (Å²) >= 11 is 0. The molecule has 1 aromatic carbocycles. The molecule has 0 bridgehead atoms. The molecule has 0 fully saturated rings. The maximum atomic E-state index is 5.88. The molecule has 0 saturated carbocycles. The molecule has 80 valence electrons. The predicted molar refractivity (Wildman–Crippen MR) is 63.8 cm³/mol. The van der Waals surface area contributed by atoms with Crippen molar-refractivity contribution in [3.8, 4) is 0 Å². The van der Waals surface area contributed by atoms with Crippen LogP contribution in [-0.4, -0.2) is 9.78 Å². The lowest BCUT2D eigenvalue weighted by atomic mass is 10.2. The topological polar surface area (TPSA) is 43.8 Å². The van der Waals surface area contributed by atoms with Crippen molar-refractivity contribution in [1.82, 2.24) is 9.78 Å². The molecule has 1 unspecified atom stereocenters. The van der Waals surface area contributed by atoms with E-state index in [4.69, 9.17) is 5.73 Å². The van der Waals surface area contributed by atoms with Gasteiger partial charge >= 0.3 is 0 Å². The molecule has 0 amide bonds. The molecule has 1 atom stereocenters. The Morgan fingerprint density at radius 3 is 2.87 bits per heavy atom. The monoisotopic (exact) mass is 203 g/mol. The Labute approximate surface area is 89.9 Å². The summed E-state index contributed by atoms with van der Waals surface area (Å²) < 4.78 is 2.04. The fourth-order valence-electron chi connectivity index (χ4n) is 1.99. The van der Waals surface area contributed by atoms with Gasteiger partial charge in [-0.15, -0.1) is 0 Å². The average molecular weight is 203 g/mol. The van der Waals surface area contributed by atoms with Crippen molar-refractivity contribution in [2.75, 3.05) is 5.73 Å². The standard InChI is InChI=1S/C12H17N3/c1-3-6-9(2)15-11-8-5-4-7-10(11)12(13)14-15/h4-5,7-9H,3,6H2,1-2H3,(H2,13,14). The van der Waals surface area contributed by atoms with Crippen LogP contribution in [0, 0.1) is 0 Å². The van der Waals surface area contributed by atoms with Crippen LogP contribution < -0.4 is 5.73 Å². The minimum absolute atomic E-state index is 0.414. The van der Waals surface area contributed by atoms with Crippen molar-refractivity contribution >= 4 is 16.7 Å². The third kappa shape index (κ3) is 1.69. The maximum Gasteiger partial charge on any atom is 0.153 e. The second kappa shape index (κ2) is 3.93. The van der Waals surface area contributed by atoms with Crippen LogP contribution in [0.2, 0.25) is 0 Å². The molecule has 0 aliphatic rings. The zero-order valence-electron chi connectivity index (χ0n) is 9.27. The minimum Gasteiger partial charge on any atom is -0.382 e. The van der Waals surface area contributed by atoms with Gasteiger partial charge < -0.3 is 5.73 Å². The van der Waals surface area contributed by atoms with E-state index in [0.29, 0.717) is 11.9 Å². The smallest absolute Gasteiger partial charge is 0.153 e. The Morgan fingerprint density at radius 2 is 2.13 bits per heavy atom. The molecule has 3 nitrogen and oxygen atoms in total. The third-order valence-corrected chi connectivity index (χ3v) is 2.77. The molecule has 0 aliphatic heterocycles. The summed E-state index contributed by atoms with van der Waals surface area (Å²) in [5.41, 5.74) is 7.01. The van der Waals surface area contributed by atoms with Crippen LogP contribution in [0.25, 0.3) is 10.9 Å². The molecule has 0 saturated heterocycles. The first-order valence-corrected chi connectivity index (χ1v) is 5.46. The lowest BCUT2D eigenvalue weighted by molar-refractivity contribution is 0.470. The second-order valence-electron chi connectivity index (χ2n) is 3.98. The van der Waals surface area contributed by atoms with E-state index in [9.17, 15) is 0 Å². The van der Waals surface area contributed by atoms with Gasteiger partial charge in [-0.2, -0.15) is 5.10 Å². The molecular weight excluding hydrogens is 186 g/mol. The highest BCUT2D eigenvalue weighted by Crippen LogP contribution is 2.24. The van der Waals surface area contributed by atoms with Crippen LogP contribution >= 0.6 is 0 Å². The van der Waals surface area contributed by atoms with Crippen LogP contribution in [0.5, 0.6) is 0 Å². The Hall–Kier alpha value is -1.51. The lowest BCUT2D eigenvalue weighted by Crippen LogP contribution is -2.06. The molecule has 2 rings (SSSR count). The van der Waals surface area contributed by atoms with E-state index >= 15 is 0 Å². The van der Waals surface area contributed by atoms with E-state index in [-0.39, 0.29) is 0 Å². The zero-order valence-corrected chi connectivity index (χ0v) is 9.27. The molecule has 2 N–H and O–H groups in total. The number of benzene rings is 1. The summed E-state index contributed by atoms with van der Waals surface area (Å²) in [4.78, 5) is 0. The van der Waals surface area contributed by atoms with E-state index in [2.05, 4.69) is 25.0 Å². The molecular formula is C12H17N3. The Kier molecular flexibility index (Phi) is 2.62. The van der Waals surface area contributed by atoms with Gasteiger partial charge in [0.1, 0.15) is 0 Å². The van der Waals surface area contributed by atoms with E-state index < -0.39 is 0 Å². The predicted octanol–water partition coefficient (Wildman–Crippen LogP) is 2.98. The van der Waals surface area contributed by atoms with Crippen molar-refractivity contribution in [1.29, 1.82) is 0 Å². The number of hydrogen-bond acceptors (Lipinski definition) is 2. The van der Waals surface area contributed by atoms with Gasteiger partial charge in [0.2, 0.25) is 0 Å². The average Bonchev–Trinajstić information content (AvgIpc) is 2.58. The zero-order chi connectivity index (χ0) is 10.8. The van der Waals surface area contributed by atoms with Gasteiger partial charge in [-0.3, -0.25) is 4.68 Å². The molecule has 0 radical (unpaired) electrons. The maximum absolute atomic E-state index is 5.88. The summed E-state index contributed by atoms with van der Waals surface area (Å²) in [6, 6.07) is 8.53. The molecule has 15 heavy (non-hydrogen) atoms. The lowest BCUT2D eigenvalue weighted by Gasteiger charge is -2.11. The summed E-state index contributed by atoms with van der Waals surface area (Å²) in [7, 11) is 0. The molecule has 1 aromatic heterocycles. The number of fused-ring (bicyclic) bond motifs is 1. The van der Waals surface area contributed by atoms with Gasteiger partial charge in [0.05, 0.1) is 5.52 Å². The Bertz CT molecular complexity index is 459. The molecule has 0 spiro atoms. The first-order valence-electron chi connectivity index (χ1n) is 5.46. The fourth-order valence-corrected chi connectivity index (χ4v) is 1.99. The largest absolute Gasteiger partial charge is 0.382 e. The number of nitrogens with two attached hydrogens (primary N) is 1. The fraction of sp³-hybridized carbons (Fsp3) is 0.417. The van der Waals surface area contributed by atoms with E-state index in [1.54, 1.807) is 0 Å². The Balaban J connectivity index is 2.52. The number of nitrogen functional groups attached to an aromatic ring is 1. The van der Waals surface area contributed by atoms with Crippen LogP contribution in [0.1, 0.15) is 32.7 Å². The van der Waals surface area contributed by atoms with Crippen molar-refractivity contribution in [3.05, 3.63) is 24.3 Å². The SMILES string of the molecule is CCCC(C)n1nc(N)c2ccccc21. The van der Waals surface area contributed by atoms with Crippen LogP contribution in [-0.2, 0) is 0 Å². The second-order valence-corrected chi connectivity index (χ2v) is 3.98. The normalized spacial score (nSPS) is 13.2. The number of nitrogens with zero attached hydrogens (tertiary/aromatic N) is 2. The number of hydrogen-bond donors (Lipinski definition) is 1.